The molecule has 2 N–H and O–H groups in total. The minimum atomic E-state index is -1.38. The van der Waals surface area contributed by atoms with Crippen molar-refractivity contribution in [3.05, 3.63) is 35.9 Å². The van der Waals surface area contributed by atoms with Gasteiger partial charge in [-0.15, -0.1) is 0 Å². The van der Waals surface area contributed by atoms with Gasteiger partial charge >= 0.3 is 13.3 Å². The Kier molecular flexibility index (Phi) is 7.72. The van der Waals surface area contributed by atoms with Crippen molar-refractivity contribution in [1.29, 1.82) is 0 Å². The van der Waals surface area contributed by atoms with Crippen LogP contribution in [-0.2, 0) is 9.59 Å². The Balaban J connectivity index is 0.000000673. The highest BCUT2D eigenvalue weighted by Crippen LogP contribution is 2.00. The molecule has 0 aliphatic carbocycles. The Hall–Kier alpha value is -1.68. The molecule has 0 amide bonds. The molecule has 0 aliphatic rings. The first-order chi connectivity index (χ1) is 7.65. The molecule has 1 rings (SSSR count). The van der Waals surface area contributed by atoms with Gasteiger partial charge in [-0.2, -0.15) is 9.59 Å². The van der Waals surface area contributed by atoms with Gasteiger partial charge in [0.25, 0.3) is 0 Å². The topological polar surface area (TPSA) is 74.6 Å². The van der Waals surface area contributed by atoms with E-state index >= 15 is 0 Å². The second kappa shape index (κ2) is 8.62. The van der Waals surface area contributed by atoms with E-state index in [2.05, 4.69) is 6.92 Å². The third-order valence-electron chi connectivity index (χ3n) is 1.75. The van der Waals surface area contributed by atoms with Gasteiger partial charge in [0, 0.05) is 0 Å². The van der Waals surface area contributed by atoms with Gasteiger partial charge in [-0.1, -0.05) is 43.3 Å². The highest BCUT2D eigenvalue weighted by atomic mass is 16.4. The molecule has 0 unspecified atom stereocenters. The van der Waals surface area contributed by atoms with Gasteiger partial charge in [0.2, 0.25) is 0 Å². The zero-order valence-corrected chi connectivity index (χ0v) is 8.96. The average molecular weight is 220 g/mol. The molecule has 0 radical (unpaired) electrons. The molecule has 0 bridgehead atoms. The van der Waals surface area contributed by atoms with Gasteiger partial charge in [0.05, 0.1) is 0 Å². The van der Waals surface area contributed by atoms with Crippen LogP contribution in [-0.4, -0.2) is 23.3 Å². The van der Waals surface area contributed by atoms with E-state index in [9.17, 15) is 0 Å². The van der Waals surface area contributed by atoms with Crippen LogP contribution in [0.25, 0.3) is 6.08 Å². The van der Waals surface area contributed by atoms with E-state index in [0.29, 0.717) is 5.46 Å². The van der Waals surface area contributed by atoms with Gasteiger partial charge in [-0.3, -0.25) is 0 Å². The first-order valence-corrected chi connectivity index (χ1v) is 4.77. The quantitative estimate of drug-likeness (QED) is 0.713. The molecule has 1 aromatic carbocycles. The second-order valence-corrected chi connectivity index (χ2v) is 2.94. The Morgan fingerprint density at radius 2 is 2.00 bits per heavy atom. The van der Waals surface area contributed by atoms with Crippen molar-refractivity contribution in [2.45, 2.75) is 13.3 Å². The fraction of sp³-hybridized carbons (Fsp3) is 0.182. The maximum absolute atomic E-state index is 8.91. The summed E-state index contributed by atoms with van der Waals surface area (Å²) in [5.74, 6) is 0. The van der Waals surface area contributed by atoms with Crippen LogP contribution in [0.15, 0.2) is 30.3 Å². The van der Waals surface area contributed by atoms with E-state index in [1.807, 2.05) is 24.3 Å². The van der Waals surface area contributed by atoms with Gasteiger partial charge in [-0.05, 0) is 17.4 Å². The maximum Gasteiger partial charge on any atom is 0.488 e. The molecule has 0 saturated carbocycles. The number of carbonyl (C=O) groups excluding carboxylic acids is 2. The lowest BCUT2D eigenvalue weighted by atomic mass is 9.79. The Bertz CT molecular complexity index is 368. The minimum Gasteiger partial charge on any atom is -0.423 e. The van der Waals surface area contributed by atoms with Crippen LogP contribution in [0.1, 0.15) is 18.9 Å². The molecule has 84 valence electrons. The van der Waals surface area contributed by atoms with Crippen molar-refractivity contribution in [3.63, 3.8) is 0 Å². The normalized spacial score (nSPS) is 9.19. The van der Waals surface area contributed by atoms with Gasteiger partial charge in [0.15, 0.2) is 0 Å². The smallest absolute Gasteiger partial charge is 0.423 e. The molecule has 0 spiro atoms. The molecule has 1 aromatic rings. The van der Waals surface area contributed by atoms with Crippen LogP contribution >= 0.6 is 0 Å². The van der Waals surface area contributed by atoms with Crippen LogP contribution in [0.2, 0.25) is 0 Å². The predicted molar refractivity (Wildman–Crippen MR) is 60.6 cm³/mol. The van der Waals surface area contributed by atoms with Crippen LogP contribution in [0.5, 0.6) is 0 Å². The number of allylic oxidation sites excluding steroid dienone is 1. The van der Waals surface area contributed by atoms with Crippen molar-refractivity contribution in [1.82, 2.24) is 0 Å². The second-order valence-electron chi connectivity index (χ2n) is 2.94. The van der Waals surface area contributed by atoms with Gasteiger partial charge in [-0.25, -0.2) is 0 Å². The Labute approximate surface area is 94.4 Å². The summed E-state index contributed by atoms with van der Waals surface area (Å²) in [7, 11) is -1.38. The van der Waals surface area contributed by atoms with Crippen molar-refractivity contribution in [2.24, 2.45) is 0 Å². The summed E-state index contributed by atoms with van der Waals surface area (Å²) in [4.78, 5) is 16.2. The SMILES string of the molecule is CC/C=C/c1cccc(B(O)O)c1.O=C=O. The van der Waals surface area contributed by atoms with Gasteiger partial charge < -0.3 is 10.0 Å². The van der Waals surface area contributed by atoms with E-state index in [1.54, 1.807) is 12.1 Å². The van der Waals surface area contributed by atoms with E-state index < -0.39 is 7.12 Å². The molecule has 0 fully saturated rings. The molecule has 0 aliphatic heterocycles. The molecule has 4 nitrogen and oxygen atoms in total. The number of hydrogen-bond acceptors (Lipinski definition) is 4. The predicted octanol–water partition coefficient (Wildman–Crippen LogP) is 0.206. The minimum absolute atomic E-state index is 0.250. The summed E-state index contributed by atoms with van der Waals surface area (Å²) < 4.78 is 0. The lowest BCUT2D eigenvalue weighted by molar-refractivity contribution is -0.191. The van der Waals surface area contributed by atoms with Crippen LogP contribution in [0.4, 0.5) is 0 Å². The van der Waals surface area contributed by atoms with Crippen LogP contribution in [0.3, 0.4) is 0 Å². The van der Waals surface area contributed by atoms with Crippen molar-refractivity contribution in [3.8, 4) is 0 Å². The molecule has 0 heterocycles. The summed E-state index contributed by atoms with van der Waals surface area (Å²) in [6.45, 7) is 2.06. The lowest BCUT2D eigenvalue weighted by Crippen LogP contribution is -2.29. The van der Waals surface area contributed by atoms with E-state index in [-0.39, 0.29) is 6.15 Å². The fourth-order valence-electron chi connectivity index (χ4n) is 1.08. The highest BCUT2D eigenvalue weighted by molar-refractivity contribution is 6.58. The summed E-state index contributed by atoms with van der Waals surface area (Å²) >= 11 is 0. The summed E-state index contributed by atoms with van der Waals surface area (Å²) in [6, 6.07) is 7.19. The van der Waals surface area contributed by atoms with Crippen LogP contribution in [0, 0.1) is 0 Å². The molecule has 0 aromatic heterocycles. The standard InChI is InChI=1S/C10H13BO2.CO2/c1-2-3-5-9-6-4-7-10(8-9)11(12)13;2-1-3/h3-8,12-13H,2H2,1H3;/b5-3+;. The van der Waals surface area contributed by atoms with Gasteiger partial charge in [0.1, 0.15) is 0 Å². The summed E-state index contributed by atoms with van der Waals surface area (Å²) in [5.41, 5.74) is 1.52. The molecule has 0 saturated heterocycles. The molecule has 5 heteroatoms. The number of rotatable bonds is 3. The van der Waals surface area contributed by atoms with Crippen molar-refractivity contribution >= 4 is 24.8 Å². The molecular weight excluding hydrogens is 207 g/mol. The fourth-order valence-corrected chi connectivity index (χ4v) is 1.08. The first-order valence-electron chi connectivity index (χ1n) is 4.77. The third kappa shape index (κ3) is 5.93. The lowest BCUT2D eigenvalue weighted by Gasteiger charge is -1.99. The zero-order valence-electron chi connectivity index (χ0n) is 8.96. The van der Waals surface area contributed by atoms with Crippen LogP contribution < -0.4 is 5.46 Å². The Morgan fingerprint density at radius 1 is 1.38 bits per heavy atom. The van der Waals surface area contributed by atoms with E-state index in [4.69, 9.17) is 19.6 Å². The van der Waals surface area contributed by atoms with E-state index in [0.717, 1.165) is 12.0 Å². The first kappa shape index (κ1) is 14.3. The Morgan fingerprint density at radius 3 is 2.50 bits per heavy atom. The van der Waals surface area contributed by atoms with Crippen molar-refractivity contribution < 1.29 is 19.6 Å². The monoisotopic (exact) mass is 220 g/mol. The number of benzene rings is 1. The largest absolute Gasteiger partial charge is 0.488 e. The summed E-state index contributed by atoms with van der Waals surface area (Å²) in [5, 5.41) is 17.8. The maximum atomic E-state index is 8.91. The zero-order chi connectivity index (χ0) is 12.4. The third-order valence-corrected chi connectivity index (χ3v) is 1.75. The molecular formula is C11H13BO4. The number of hydrogen-bond donors (Lipinski definition) is 2. The van der Waals surface area contributed by atoms with Crippen molar-refractivity contribution in [2.75, 3.05) is 0 Å². The molecule has 0 atom stereocenters. The summed E-state index contributed by atoms with van der Waals surface area (Å²) in [6.07, 6.45) is 5.22. The van der Waals surface area contributed by atoms with E-state index in [1.165, 1.54) is 0 Å². The highest BCUT2D eigenvalue weighted by Gasteiger charge is 2.09. The average Bonchev–Trinajstić information content (AvgIpc) is 2.28. The molecule has 16 heavy (non-hydrogen) atoms.